The standard InChI is InChI=1S/C17H11N7O2/c1-26-17(25)12(7-19)13-14-15(22-8-20-13)16(23-9-21-14)24-11-4-2-10(6-18)3-5-11/h2-5,8-9H,1H3,(H,20,22)(H,21,23,24)/b13-12+. The van der Waals surface area contributed by atoms with Gasteiger partial charge in [-0.15, -0.1) is 0 Å². The second kappa shape index (κ2) is 7.11. The van der Waals surface area contributed by atoms with Crippen molar-refractivity contribution < 1.29 is 9.53 Å². The highest BCUT2D eigenvalue weighted by molar-refractivity contribution is 6.06. The molecule has 0 bridgehead atoms. The van der Waals surface area contributed by atoms with Crippen molar-refractivity contribution in [3.05, 3.63) is 47.4 Å². The van der Waals surface area contributed by atoms with Crippen molar-refractivity contribution >= 4 is 35.2 Å². The van der Waals surface area contributed by atoms with E-state index in [-0.39, 0.29) is 11.3 Å². The lowest BCUT2D eigenvalue weighted by atomic mass is 10.1. The highest BCUT2D eigenvalue weighted by atomic mass is 16.5. The molecule has 0 aliphatic carbocycles. The van der Waals surface area contributed by atoms with Crippen LogP contribution in [0.25, 0.3) is 5.70 Å². The van der Waals surface area contributed by atoms with Gasteiger partial charge in [-0.25, -0.2) is 19.8 Å². The minimum Gasteiger partial charge on any atom is -0.465 e. The number of hydrogen-bond acceptors (Lipinski definition) is 9. The molecule has 1 aliphatic rings. The summed E-state index contributed by atoms with van der Waals surface area (Å²) in [6, 6.07) is 10.6. The Hall–Kier alpha value is -4.24. The van der Waals surface area contributed by atoms with Gasteiger partial charge < -0.3 is 15.4 Å². The van der Waals surface area contributed by atoms with E-state index in [4.69, 9.17) is 5.26 Å². The molecule has 0 amide bonds. The molecule has 0 fully saturated rings. The van der Waals surface area contributed by atoms with E-state index in [1.54, 1.807) is 30.3 Å². The Kier molecular flexibility index (Phi) is 4.54. The SMILES string of the molecule is COC(=O)/C(C#N)=C1/N=CNc2c(Nc3ccc(C#N)cc3)ncnc21. The number of carbonyl (C=O) groups is 1. The monoisotopic (exact) mass is 345 g/mol. The predicted molar refractivity (Wildman–Crippen MR) is 93.1 cm³/mol. The number of anilines is 3. The van der Waals surface area contributed by atoms with Gasteiger partial charge in [-0.1, -0.05) is 0 Å². The Balaban J connectivity index is 2.04. The van der Waals surface area contributed by atoms with E-state index in [2.05, 4.69) is 30.3 Å². The number of carbonyl (C=O) groups excluding carboxylic acids is 1. The third-order valence-corrected chi connectivity index (χ3v) is 3.49. The third kappa shape index (κ3) is 3.05. The molecule has 0 radical (unpaired) electrons. The molecule has 126 valence electrons. The number of hydrogen-bond donors (Lipinski definition) is 2. The molecule has 2 heterocycles. The quantitative estimate of drug-likeness (QED) is 0.489. The van der Waals surface area contributed by atoms with Crippen molar-refractivity contribution in [3.8, 4) is 12.1 Å². The van der Waals surface area contributed by atoms with E-state index < -0.39 is 5.97 Å². The maximum Gasteiger partial charge on any atom is 0.350 e. The zero-order valence-electron chi connectivity index (χ0n) is 13.5. The van der Waals surface area contributed by atoms with Crippen LogP contribution in [-0.2, 0) is 9.53 Å². The van der Waals surface area contributed by atoms with E-state index >= 15 is 0 Å². The first-order chi connectivity index (χ1) is 12.7. The number of nitrogens with zero attached hydrogens (tertiary/aromatic N) is 5. The molecule has 0 saturated heterocycles. The normalized spacial score (nSPS) is 13.5. The maximum absolute atomic E-state index is 11.8. The van der Waals surface area contributed by atoms with Crippen LogP contribution < -0.4 is 10.6 Å². The average Bonchev–Trinajstić information content (AvgIpc) is 2.69. The lowest BCUT2D eigenvalue weighted by Gasteiger charge is -2.18. The van der Waals surface area contributed by atoms with Crippen LogP contribution in [0.15, 0.2) is 41.2 Å². The molecule has 1 aromatic carbocycles. The molecule has 2 N–H and O–H groups in total. The first-order valence-electron chi connectivity index (χ1n) is 7.32. The van der Waals surface area contributed by atoms with E-state index in [9.17, 15) is 10.1 Å². The van der Waals surface area contributed by atoms with E-state index in [1.165, 1.54) is 19.8 Å². The lowest BCUT2D eigenvalue weighted by Crippen LogP contribution is -2.14. The molecule has 3 rings (SSSR count). The highest BCUT2D eigenvalue weighted by Crippen LogP contribution is 2.34. The Morgan fingerprint density at radius 2 is 2.00 bits per heavy atom. The summed E-state index contributed by atoms with van der Waals surface area (Å²) in [4.78, 5) is 24.2. The summed E-state index contributed by atoms with van der Waals surface area (Å²) < 4.78 is 4.62. The summed E-state index contributed by atoms with van der Waals surface area (Å²) in [7, 11) is 1.18. The molecule has 0 spiro atoms. The minimum atomic E-state index is -0.798. The van der Waals surface area contributed by atoms with Gasteiger partial charge in [-0.05, 0) is 24.3 Å². The first-order valence-corrected chi connectivity index (χ1v) is 7.32. The largest absolute Gasteiger partial charge is 0.465 e. The van der Waals surface area contributed by atoms with Crippen LogP contribution >= 0.6 is 0 Å². The van der Waals surface area contributed by atoms with Crippen LogP contribution in [-0.4, -0.2) is 29.4 Å². The topological polar surface area (TPSA) is 136 Å². The fourth-order valence-electron chi connectivity index (χ4n) is 2.26. The maximum atomic E-state index is 11.8. The summed E-state index contributed by atoms with van der Waals surface area (Å²) in [5, 5.41) is 24.1. The number of aromatic nitrogens is 2. The number of methoxy groups -OCH3 is 1. The van der Waals surface area contributed by atoms with Crippen LogP contribution in [0.2, 0.25) is 0 Å². The molecule has 2 aromatic rings. The van der Waals surface area contributed by atoms with Gasteiger partial charge in [0.25, 0.3) is 0 Å². The van der Waals surface area contributed by atoms with Crippen molar-refractivity contribution in [2.45, 2.75) is 0 Å². The van der Waals surface area contributed by atoms with Crippen molar-refractivity contribution in [1.29, 1.82) is 10.5 Å². The average molecular weight is 345 g/mol. The van der Waals surface area contributed by atoms with Crippen molar-refractivity contribution in [2.75, 3.05) is 17.7 Å². The van der Waals surface area contributed by atoms with E-state index in [1.807, 2.05) is 6.07 Å². The second-order valence-corrected chi connectivity index (χ2v) is 4.99. The van der Waals surface area contributed by atoms with Gasteiger partial charge in [0.1, 0.15) is 29.5 Å². The summed E-state index contributed by atoms with van der Waals surface area (Å²) in [6.07, 6.45) is 2.63. The van der Waals surface area contributed by atoms with Gasteiger partial charge in [-0.3, -0.25) is 0 Å². The van der Waals surface area contributed by atoms with Crippen LogP contribution in [0.5, 0.6) is 0 Å². The Labute approximate surface area is 148 Å². The molecule has 0 atom stereocenters. The van der Waals surface area contributed by atoms with Gasteiger partial charge >= 0.3 is 5.97 Å². The van der Waals surface area contributed by atoms with Gasteiger partial charge in [-0.2, -0.15) is 10.5 Å². The lowest BCUT2D eigenvalue weighted by molar-refractivity contribution is -0.135. The molecule has 1 aromatic heterocycles. The Bertz CT molecular complexity index is 1010. The summed E-state index contributed by atoms with van der Waals surface area (Å²) >= 11 is 0. The van der Waals surface area contributed by atoms with E-state index in [0.717, 1.165) is 0 Å². The number of ether oxygens (including phenoxy) is 1. The number of nitriles is 2. The van der Waals surface area contributed by atoms with Gasteiger partial charge in [0.15, 0.2) is 11.4 Å². The molecular formula is C17H11N7O2. The zero-order valence-corrected chi connectivity index (χ0v) is 13.5. The first kappa shape index (κ1) is 16.6. The summed E-state index contributed by atoms with van der Waals surface area (Å²) in [5.74, 6) is -0.377. The zero-order chi connectivity index (χ0) is 18.5. The number of fused-ring (bicyclic) bond motifs is 1. The molecule has 1 aliphatic heterocycles. The van der Waals surface area contributed by atoms with Gasteiger partial charge in [0, 0.05) is 5.69 Å². The Morgan fingerprint density at radius 3 is 2.65 bits per heavy atom. The smallest absolute Gasteiger partial charge is 0.350 e. The van der Waals surface area contributed by atoms with Gasteiger partial charge in [0.05, 0.1) is 25.1 Å². The fraction of sp³-hybridized carbons (Fsp3) is 0.0588. The molecule has 9 heteroatoms. The molecular weight excluding hydrogens is 334 g/mol. The fourth-order valence-corrected chi connectivity index (χ4v) is 2.26. The molecule has 26 heavy (non-hydrogen) atoms. The molecule has 0 unspecified atom stereocenters. The molecule has 0 saturated carbocycles. The Morgan fingerprint density at radius 1 is 1.23 bits per heavy atom. The van der Waals surface area contributed by atoms with Crippen LogP contribution in [0, 0.1) is 22.7 Å². The summed E-state index contributed by atoms with van der Waals surface area (Å²) in [6.45, 7) is 0. The highest BCUT2D eigenvalue weighted by Gasteiger charge is 2.24. The number of rotatable bonds is 3. The predicted octanol–water partition coefficient (Wildman–Crippen LogP) is 1.95. The van der Waals surface area contributed by atoms with Gasteiger partial charge in [0.2, 0.25) is 0 Å². The van der Waals surface area contributed by atoms with Crippen LogP contribution in [0.4, 0.5) is 17.2 Å². The number of nitrogens with one attached hydrogen (secondary N) is 2. The van der Waals surface area contributed by atoms with E-state index in [0.29, 0.717) is 28.5 Å². The second-order valence-electron chi connectivity index (χ2n) is 4.99. The number of benzene rings is 1. The number of esters is 1. The van der Waals surface area contributed by atoms with Crippen molar-refractivity contribution in [1.82, 2.24) is 9.97 Å². The summed E-state index contributed by atoms with van der Waals surface area (Å²) in [5.41, 5.74) is 1.83. The van der Waals surface area contributed by atoms with Crippen molar-refractivity contribution in [3.63, 3.8) is 0 Å². The van der Waals surface area contributed by atoms with Crippen LogP contribution in [0.1, 0.15) is 11.3 Å². The number of aliphatic imine (C=N–C) groups is 1. The third-order valence-electron chi connectivity index (χ3n) is 3.49. The van der Waals surface area contributed by atoms with Crippen LogP contribution in [0.3, 0.4) is 0 Å². The van der Waals surface area contributed by atoms with Crippen molar-refractivity contribution in [2.24, 2.45) is 4.99 Å². The molecule has 9 nitrogen and oxygen atoms in total. The minimum absolute atomic E-state index is 0.0957.